The van der Waals surface area contributed by atoms with Gasteiger partial charge in [0.05, 0.1) is 17.0 Å². The summed E-state index contributed by atoms with van der Waals surface area (Å²) in [5.41, 5.74) is 0.678. The van der Waals surface area contributed by atoms with Crippen LogP contribution in [0.5, 0.6) is 0 Å². The van der Waals surface area contributed by atoms with E-state index in [9.17, 15) is 14.0 Å². The summed E-state index contributed by atoms with van der Waals surface area (Å²) in [6, 6.07) is 9.56. The van der Waals surface area contributed by atoms with E-state index in [0.717, 1.165) is 0 Å². The van der Waals surface area contributed by atoms with Gasteiger partial charge in [-0.25, -0.2) is 4.39 Å². The first-order valence-electron chi connectivity index (χ1n) is 9.15. The number of aryl methyl sites for hydroxylation is 2. The number of halogens is 2. The Balaban J connectivity index is 1.86. The lowest BCUT2D eigenvalue weighted by Gasteiger charge is -2.22. The fourth-order valence-corrected chi connectivity index (χ4v) is 3.95. The molecule has 2 aromatic heterocycles. The Bertz CT molecular complexity index is 1410. The molecule has 6 nitrogen and oxygen atoms in total. The maximum atomic E-state index is 14.8. The summed E-state index contributed by atoms with van der Waals surface area (Å²) in [6.07, 6.45) is 0. The van der Waals surface area contributed by atoms with Crippen LogP contribution in [0.1, 0.15) is 39.0 Å². The summed E-state index contributed by atoms with van der Waals surface area (Å²) in [6.45, 7) is 3.44. The summed E-state index contributed by atoms with van der Waals surface area (Å²) in [5, 5.41) is 4.52. The maximum Gasteiger partial charge on any atom is 0.296 e. The van der Waals surface area contributed by atoms with Gasteiger partial charge in [0, 0.05) is 16.7 Å². The van der Waals surface area contributed by atoms with Crippen LogP contribution in [-0.4, -0.2) is 11.1 Å². The van der Waals surface area contributed by atoms with Gasteiger partial charge in [-0.3, -0.25) is 14.5 Å². The van der Waals surface area contributed by atoms with Crippen LogP contribution < -0.4 is 10.3 Å². The molecule has 1 aliphatic heterocycles. The number of benzene rings is 2. The summed E-state index contributed by atoms with van der Waals surface area (Å²) < 4.78 is 25.8. The molecular weight excluding hydrogens is 411 g/mol. The first-order valence-corrected chi connectivity index (χ1v) is 9.52. The fraction of sp³-hybridized carbons (Fsp3) is 0.136. The second-order valence-corrected chi connectivity index (χ2v) is 7.57. The average molecular weight is 425 g/mol. The number of fused-ring (bicyclic) bond motifs is 2. The summed E-state index contributed by atoms with van der Waals surface area (Å²) in [4.78, 5) is 28.0. The third kappa shape index (κ3) is 2.59. The number of aromatic nitrogens is 1. The monoisotopic (exact) mass is 424 g/mol. The summed E-state index contributed by atoms with van der Waals surface area (Å²) in [7, 11) is 0. The molecule has 8 heteroatoms. The maximum absolute atomic E-state index is 14.8. The quantitative estimate of drug-likeness (QED) is 0.455. The van der Waals surface area contributed by atoms with Crippen LogP contribution in [0.4, 0.5) is 10.2 Å². The number of rotatable bonds is 2. The molecule has 2 aromatic carbocycles. The van der Waals surface area contributed by atoms with Gasteiger partial charge in [-0.1, -0.05) is 35.0 Å². The van der Waals surface area contributed by atoms with Gasteiger partial charge in [0.1, 0.15) is 17.2 Å². The molecule has 0 aliphatic carbocycles. The molecule has 3 heterocycles. The molecular formula is C22H14ClFN2O4. The number of carbonyl (C=O) groups excluding carboxylic acids is 1. The standard InChI is InChI=1S/C22H14ClFN2O4/c1-10-7-16-13(9-14(10)23)20(27)18-19(12-5-3-4-6-15(12)24)26(22(28)21(18)29-16)17-8-11(2)30-25-17/h3-9,19H,1-2H3. The first-order chi connectivity index (χ1) is 14.4. The SMILES string of the molecule is Cc1cc(N2C(=O)c3oc4cc(C)c(Cl)cc4c(=O)c3C2c2ccccc2F)no1. The van der Waals surface area contributed by atoms with Crippen molar-refractivity contribution in [2.45, 2.75) is 19.9 Å². The van der Waals surface area contributed by atoms with E-state index in [2.05, 4.69) is 5.16 Å². The number of carbonyl (C=O) groups is 1. The van der Waals surface area contributed by atoms with Gasteiger partial charge in [-0.2, -0.15) is 0 Å². The lowest BCUT2D eigenvalue weighted by Crippen LogP contribution is -2.30. The van der Waals surface area contributed by atoms with E-state index in [0.29, 0.717) is 16.3 Å². The lowest BCUT2D eigenvalue weighted by molar-refractivity contribution is 0.0969. The molecule has 5 rings (SSSR count). The van der Waals surface area contributed by atoms with Gasteiger partial charge in [0.2, 0.25) is 5.76 Å². The first kappa shape index (κ1) is 18.6. The van der Waals surface area contributed by atoms with Gasteiger partial charge >= 0.3 is 0 Å². The smallest absolute Gasteiger partial charge is 0.296 e. The molecule has 4 aromatic rings. The Hall–Kier alpha value is -3.45. The molecule has 30 heavy (non-hydrogen) atoms. The van der Waals surface area contributed by atoms with Crippen molar-refractivity contribution in [3.05, 3.63) is 91.7 Å². The molecule has 0 saturated carbocycles. The van der Waals surface area contributed by atoms with Crippen LogP contribution in [-0.2, 0) is 0 Å². The molecule has 1 aliphatic rings. The fourth-order valence-electron chi connectivity index (χ4n) is 3.79. The van der Waals surface area contributed by atoms with Crippen LogP contribution >= 0.6 is 11.6 Å². The van der Waals surface area contributed by atoms with E-state index in [1.165, 1.54) is 29.2 Å². The zero-order valence-electron chi connectivity index (χ0n) is 15.9. The predicted octanol–water partition coefficient (Wildman–Crippen LogP) is 4.94. The van der Waals surface area contributed by atoms with Crippen molar-refractivity contribution in [3.8, 4) is 0 Å². The van der Waals surface area contributed by atoms with Gasteiger partial charge in [-0.05, 0) is 37.6 Å². The summed E-state index contributed by atoms with van der Waals surface area (Å²) >= 11 is 6.20. The highest BCUT2D eigenvalue weighted by molar-refractivity contribution is 6.32. The second-order valence-electron chi connectivity index (χ2n) is 7.17. The number of hydrogen-bond donors (Lipinski definition) is 0. The van der Waals surface area contributed by atoms with E-state index in [-0.39, 0.29) is 33.7 Å². The number of nitrogens with zero attached hydrogens (tertiary/aromatic N) is 2. The predicted molar refractivity (Wildman–Crippen MR) is 109 cm³/mol. The van der Waals surface area contributed by atoms with E-state index in [4.69, 9.17) is 20.5 Å². The topological polar surface area (TPSA) is 76.6 Å². The zero-order chi connectivity index (χ0) is 21.2. The number of anilines is 1. The molecule has 150 valence electrons. The second kappa shape index (κ2) is 6.53. The molecule has 0 spiro atoms. The minimum absolute atomic E-state index is 0.0400. The molecule has 0 radical (unpaired) electrons. The van der Waals surface area contributed by atoms with Crippen LogP contribution in [0.2, 0.25) is 5.02 Å². The third-order valence-electron chi connectivity index (χ3n) is 5.21. The molecule has 0 bridgehead atoms. The van der Waals surface area contributed by atoms with Crippen molar-refractivity contribution < 1.29 is 18.1 Å². The van der Waals surface area contributed by atoms with Gasteiger partial charge in [-0.15, -0.1) is 0 Å². The number of amides is 1. The van der Waals surface area contributed by atoms with Crippen molar-refractivity contribution >= 4 is 34.3 Å². The number of hydrogen-bond acceptors (Lipinski definition) is 5. The van der Waals surface area contributed by atoms with Crippen LogP contribution in [0.25, 0.3) is 11.0 Å². The van der Waals surface area contributed by atoms with Crippen LogP contribution in [0, 0.1) is 19.7 Å². The van der Waals surface area contributed by atoms with Crippen molar-refractivity contribution in [1.29, 1.82) is 0 Å². The van der Waals surface area contributed by atoms with E-state index >= 15 is 0 Å². The van der Waals surface area contributed by atoms with Crippen molar-refractivity contribution in [2.24, 2.45) is 0 Å². The molecule has 1 unspecified atom stereocenters. The van der Waals surface area contributed by atoms with Gasteiger partial charge in [0.25, 0.3) is 5.91 Å². The third-order valence-corrected chi connectivity index (χ3v) is 5.62. The molecule has 1 amide bonds. The highest BCUT2D eigenvalue weighted by atomic mass is 35.5. The largest absolute Gasteiger partial charge is 0.450 e. The minimum atomic E-state index is -1.06. The molecule has 0 N–H and O–H groups in total. The lowest BCUT2D eigenvalue weighted by atomic mass is 9.98. The Morgan fingerprint density at radius 1 is 1.13 bits per heavy atom. The average Bonchev–Trinajstić information content (AvgIpc) is 3.25. The Morgan fingerprint density at radius 3 is 2.60 bits per heavy atom. The van der Waals surface area contributed by atoms with Gasteiger partial charge < -0.3 is 8.94 Å². The van der Waals surface area contributed by atoms with Crippen molar-refractivity contribution in [2.75, 3.05) is 4.90 Å². The summed E-state index contributed by atoms with van der Waals surface area (Å²) in [5.74, 6) is -0.682. The highest BCUT2D eigenvalue weighted by Gasteiger charge is 2.45. The van der Waals surface area contributed by atoms with Crippen molar-refractivity contribution in [3.63, 3.8) is 0 Å². The van der Waals surface area contributed by atoms with Gasteiger partial charge in [0.15, 0.2) is 11.2 Å². The normalized spacial score (nSPS) is 15.8. The van der Waals surface area contributed by atoms with E-state index < -0.39 is 23.2 Å². The molecule has 0 saturated heterocycles. The van der Waals surface area contributed by atoms with E-state index in [1.54, 1.807) is 32.0 Å². The Kier molecular flexibility index (Phi) is 4.04. The Morgan fingerprint density at radius 2 is 1.90 bits per heavy atom. The van der Waals surface area contributed by atoms with Crippen LogP contribution in [0.15, 0.2) is 56.2 Å². The van der Waals surface area contributed by atoms with Crippen LogP contribution in [0.3, 0.4) is 0 Å². The Labute approximate surface area is 174 Å². The van der Waals surface area contributed by atoms with Crippen molar-refractivity contribution in [1.82, 2.24) is 5.16 Å². The zero-order valence-corrected chi connectivity index (χ0v) is 16.7. The van der Waals surface area contributed by atoms with E-state index in [1.807, 2.05) is 0 Å². The molecule has 1 atom stereocenters. The minimum Gasteiger partial charge on any atom is -0.450 e. The molecule has 0 fully saturated rings. The highest BCUT2D eigenvalue weighted by Crippen LogP contribution is 2.41.